The van der Waals surface area contributed by atoms with E-state index >= 15 is 0 Å². The Morgan fingerprint density at radius 3 is 2.42 bits per heavy atom. The molecule has 19 heavy (non-hydrogen) atoms. The van der Waals surface area contributed by atoms with Gasteiger partial charge in [0.1, 0.15) is 0 Å². The van der Waals surface area contributed by atoms with E-state index in [9.17, 15) is 8.42 Å². The third-order valence-electron chi connectivity index (χ3n) is 3.05. The Morgan fingerprint density at radius 2 is 1.95 bits per heavy atom. The molecule has 7 nitrogen and oxygen atoms in total. The predicted molar refractivity (Wildman–Crippen MR) is 70.4 cm³/mol. The van der Waals surface area contributed by atoms with E-state index in [0.29, 0.717) is 30.7 Å². The van der Waals surface area contributed by atoms with E-state index in [2.05, 4.69) is 15.3 Å². The number of aromatic nitrogens is 2. The Morgan fingerprint density at radius 1 is 1.32 bits per heavy atom. The quantitative estimate of drug-likeness (QED) is 0.842. The van der Waals surface area contributed by atoms with Gasteiger partial charge in [-0.05, 0) is 12.8 Å². The fraction of sp³-hybridized carbons (Fsp3) is 0.636. The van der Waals surface area contributed by atoms with Crippen LogP contribution in [0.25, 0.3) is 0 Å². The smallest absolute Gasteiger partial charge is 0.229 e. The van der Waals surface area contributed by atoms with E-state index in [0.717, 1.165) is 6.42 Å². The molecule has 1 unspecified atom stereocenters. The average Bonchev–Trinajstić information content (AvgIpc) is 2.74. The summed E-state index contributed by atoms with van der Waals surface area (Å²) in [6.45, 7) is 0.304. The zero-order valence-corrected chi connectivity index (χ0v) is 11.7. The maximum absolute atomic E-state index is 11.7. The molecule has 0 spiro atoms. The van der Waals surface area contributed by atoms with Crippen LogP contribution in [0.5, 0.6) is 11.8 Å². The number of sulfone groups is 1. The monoisotopic (exact) mass is 287 g/mol. The number of nitrogens with zero attached hydrogens (tertiary/aromatic N) is 2. The van der Waals surface area contributed by atoms with Gasteiger partial charge in [-0.25, -0.2) is 8.42 Å². The van der Waals surface area contributed by atoms with Crippen molar-refractivity contribution in [1.29, 1.82) is 0 Å². The van der Waals surface area contributed by atoms with Crippen LogP contribution in [0.15, 0.2) is 6.07 Å². The molecular formula is C11H17N3O4S. The molecule has 1 atom stereocenters. The number of hydrogen-bond donors (Lipinski definition) is 1. The first kappa shape index (κ1) is 13.9. The average molecular weight is 287 g/mol. The number of ether oxygens (including phenoxy) is 2. The lowest BCUT2D eigenvalue weighted by molar-refractivity contribution is 0.373. The van der Waals surface area contributed by atoms with Gasteiger partial charge in [0.05, 0.1) is 31.3 Å². The summed E-state index contributed by atoms with van der Waals surface area (Å²) in [5.41, 5.74) is 0. The molecule has 0 bridgehead atoms. The number of rotatable bonds is 5. The molecule has 106 valence electrons. The van der Waals surface area contributed by atoms with Gasteiger partial charge >= 0.3 is 0 Å². The summed E-state index contributed by atoms with van der Waals surface area (Å²) in [6.07, 6.45) is 1.40. The highest BCUT2D eigenvalue weighted by Gasteiger charge is 2.31. The number of methoxy groups -OCH3 is 2. The Hall–Kier alpha value is -1.57. The van der Waals surface area contributed by atoms with Crippen LogP contribution in [-0.2, 0) is 9.84 Å². The van der Waals surface area contributed by atoms with Crippen LogP contribution in [0.1, 0.15) is 12.8 Å². The largest absolute Gasteiger partial charge is 0.481 e. The first-order valence-electron chi connectivity index (χ1n) is 5.97. The molecule has 1 N–H and O–H groups in total. The second kappa shape index (κ2) is 5.60. The van der Waals surface area contributed by atoms with Crippen molar-refractivity contribution in [2.24, 2.45) is 0 Å². The zero-order valence-electron chi connectivity index (χ0n) is 10.9. The molecule has 2 heterocycles. The van der Waals surface area contributed by atoms with Gasteiger partial charge in [0.2, 0.25) is 17.7 Å². The first-order valence-corrected chi connectivity index (χ1v) is 7.69. The Bertz CT molecular complexity index is 525. The van der Waals surface area contributed by atoms with Gasteiger partial charge in [-0.2, -0.15) is 9.97 Å². The summed E-state index contributed by atoms with van der Waals surface area (Å²) >= 11 is 0. The van der Waals surface area contributed by atoms with Gasteiger partial charge < -0.3 is 14.8 Å². The summed E-state index contributed by atoms with van der Waals surface area (Å²) in [5.74, 6) is 1.30. The summed E-state index contributed by atoms with van der Waals surface area (Å²) in [4.78, 5) is 8.18. The standard InChI is InChI=1S/C11H17N3O4S/c1-17-9-6-10(18-2)14-11(13-9)12-7-8-4-3-5-19(8,15)16/h6,8H,3-5,7H2,1-2H3,(H,12,13,14). The minimum absolute atomic E-state index is 0.266. The molecule has 1 aliphatic heterocycles. The number of nitrogens with one attached hydrogen (secondary N) is 1. The van der Waals surface area contributed by atoms with Crippen molar-refractivity contribution in [3.05, 3.63) is 6.07 Å². The van der Waals surface area contributed by atoms with Crippen molar-refractivity contribution >= 4 is 15.8 Å². The summed E-state index contributed by atoms with van der Waals surface area (Å²) < 4.78 is 33.4. The van der Waals surface area contributed by atoms with E-state index in [1.165, 1.54) is 14.2 Å². The predicted octanol–water partition coefficient (Wildman–Crippen LogP) is 0.483. The summed E-state index contributed by atoms with van der Waals surface area (Å²) in [5, 5.41) is 2.56. The minimum Gasteiger partial charge on any atom is -0.481 e. The molecular weight excluding hydrogens is 270 g/mol. The third kappa shape index (κ3) is 3.25. The molecule has 1 aliphatic rings. The Kier molecular flexibility index (Phi) is 4.08. The van der Waals surface area contributed by atoms with Crippen molar-refractivity contribution in [3.63, 3.8) is 0 Å². The van der Waals surface area contributed by atoms with Gasteiger partial charge in [0, 0.05) is 6.54 Å². The van der Waals surface area contributed by atoms with Gasteiger partial charge in [0.25, 0.3) is 0 Å². The Balaban J connectivity index is 2.07. The summed E-state index contributed by atoms with van der Waals surface area (Å²) in [7, 11) is 0.0169. The van der Waals surface area contributed by atoms with Crippen molar-refractivity contribution in [3.8, 4) is 11.8 Å². The molecule has 0 aromatic carbocycles. The van der Waals surface area contributed by atoms with E-state index in [4.69, 9.17) is 9.47 Å². The third-order valence-corrected chi connectivity index (χ3v) is 5.32. The first-order chi connectivity index (χ1) is 9.05. The van der Waals surface area contributed by atoms with E-state index in [1.54, 1.807) is 6.07 Å². The fourth-order valence-corrected chi connectivity index (χ4v) is 3.75. The highest BCUT2D eigenvalue weighted by Crippen LogP contribution is 2.21. The van der Waals surface area contributed by atoms with Crippen molar-refractivity contribution < 1.29 is 17.9 Å². The molecule has 0 amide bonds. The van der Waals surface area contributed by atoms with Crippen LogP contribution >= 0.6 is 0 Å². The normalized spacial score (nSPS) is 21.1. The lowest BCUT2D eigenvalue weighted by Crippen LogP contribution is -2.25. The van der Waals surface area contributed by atoms with Crippen molar-refractivity contribution in [2.45, 2.75) is 18.1 Å². The zero-order chi connectivity index (χ0) is 13.9. The maximum atomic E-state index is 11.7. The fourth-order valence-electron chi connectivity index (χ4n) is 1.98. The highest BCUT2D eigenvalue weighted by molar-refractivity contribution is 7.92. The van der Waals surface area contributed by atoms with Gasteiger partial charge in [-0.3, -0.25) is 0 Å². The van der Waals surface area contributed by atoms with Crippen LogP contribution in [0, 0.1) is 0 Å². The minimum atomic E-state index is -2.97. The van der Waals surface area contributed by atoms with Crippen LogP contribution < -0.4 is 14.8 Å². The van der Waals surface area contributed by atoms with Crippen LogP contribution in [0.4, 0.5) is 5.95 Å². The lowest BCUT2D eigenvalue weighted by atomic mass is 10.2. The van der Waals surface area contributed by atoms with E-state index in [-0.39, 0.29) is 11.0 Å². The number of hydrogen-bond acceptors (Lipinski definition) is 7. The van der Waals surface area contributed by atoms with E-state index < -0.39 is 9.84 Å². The second-order valence-corrected chi connectivity index (χ2v) is 6.69. The molecule has 1 aromatic heterocycles. The molecule has 1 aromatic rings. The van der Waals surface area contributed by atoms with Crippen LogP contribution in [0.2, 0.25) is 0 Å². The van der Waals surface area contributed by atoms with Gasteiger partial charge in [-0.15, -0.1) is 0 Å². The Labute approximate surface area is 112 Å². The highest BCUT2D eigenvalue weighted by atomic mass is 32.2. The van der Waals surface area contributed by atoms with Crippen LogP contribution in [-0.4, -0.2) is 50.2 Å². The maximum Gasteiger partial charge on any atom is 0.229 e. The van der Waals surface area contributed by atoms with Crippen LogP contribution in [0.3, 0.4) is 0 Å². The lowest BCUT2D eigenvalue weighted by Gasteiger charge is -2.12. The molecule has 0 aliphatic carbocycles. The molecule has 0 saturated carbocycles. The van der Waals surface area contributed by atoms with Crippen molar-refractivity contribution in [2.75, 3.05) is 31.8 Å². The molecule has 1 fully saturated rings. The molecule has 1 saturated heterocycles. The molecule has 2 rings (SSSR count). The molecule has 0 radical (unpaired) electrons. The second-order valence-electron chi connectivity index (χ2n) is 4.29. The number of anilines is 1. The summed E-state index contributed by atoms with van der Waals surface area (Å²) in [6, 6.07) is 1.55. The van der Waals surface area contributed by atoms with Gasteiger partial charge in [-0.1, -0.05) is 0 Å². The van der Waals surface area contributed by atoms with Crippen molar-refractivity contribution in [1.82, 2.24) is 9.97 Å². The van der Waals surface area contributed by atoms with Gasteiger partial charge in [0.15, 0.2) is 9.84 Å². The topological polar surface area (TPSA) is 90.4 Å². The van der Waals surface area contributed by atoms with E-state index in [1.807, 2.05) is 0 Å². The molecule has 8 heteroatoms. The SMILES string of the molecule is COc1cc(OC)nc(NCC2CCCS2(=O)=O)n1.